The molecule has 2 fully saturated rings. The maximum Gasteiger partial charge on any atom is 0.264 e. The highest BCUT2D eigenvalue weighted by Gasteiger charge is 2.45. The quantitative estimate of drug-likeness (QED) is 0.0561. The van der Waals surface area contributed by atoms with Crippen molar-refractivity contribution in [3.63, 3.8) is 0 Å². The number of hydrogen-bond acceptors (Lipinski definition) is 14. The number of sulfone groups is 1. The molecule has 3 aromatic carbocycles. The Kier molecular flexibility index (Phi) is 17.9. The Morgan fingerprint density at radius 2 is 1.70 bits per heavy atom. The smallest absolute Gasteiger partial charge is 0.264 e. The van der Waals surface area contributed by atoms with Crippen molar-refractivity contribution in [1.82, 2.24) is 30.3 Å². The number of hydrogen-bond donors (Lipinski definition) is 4. The number of fused-ring (bicyclic) bond motifs is 1. The minimum Gasteiger partial charge on any atom is -0.493 e. The number of methoxy groups -OCH3 is 1. The lowest BCUT2D eigenvalue weighted by Gasteiger charge is -2.35. The van der Waals surface area contributed by atoms with Crippen molar-refractivity contribution in [2.45, 2.75) is 110 Å². The second-order valence-electron chi connectivity index (χ2n) is 20.5. The molecule has 1 aromatic heterocycles. The minimum atomic E-state index is -3.70. The van der Waals surface area contributed by atoms with Crippen LogP contribution in [0, 0.1) is 18.3 Å². The molecule has 0 radical (unpaired) electrons. The van der Waals surface area contributed by atoms with E-state index in [9.17, 15) is 42.3 Å². The Labute approximate surface area is 437 Å². The molecule has 0 spiro atoms. The lowest BCUT2D eigenvalue weighted by molar-refractivity contribution is -0.144. The summed E-state index contributed by atoms with van der Waals surface area (Å²) in [5, 5.41) is 19.6. The number of likely N-dealkylation sites (tertiary alicyclic amines) is 2. The van der Waals surface area contributed by atoms with Gasteiger partial charge in [0.15, 0.2) is 11.5 Å². The summed E-state index contributed by atoms with van der Waals surface area (Å²) >= 11 is 1.57. The third-order valence-corrected chi connectivity index (χ3v) is 15.9. The predicted octanol–water partition coefficient (Wildman–Crippen LogP) is 5.93. The van der Waals surface area contributed by atoms with Gasteiger partial charge in [0.25, 0.3) is 11.8 Å². The number of nitrogens with zero attached hydrogens (tertiary/aromatic N) is 4. The molecule has 398 valence electrons. The number of aliphatic hydroxyl groups is 1. The number of carbonyl (C=O) groups excluding carboxylic acids is 6. The number of nitrogens with one attached hydrogen (secondary N) is 3. The van der Waals surface area contributed by atoms with Crippen LogP contribution in [-0.4, -0.2) is 139 Å². The van der Waals surface area contributed by atoms with Crippen LogP contribution in [0.1, 0.15) is 116 Å². The van der Waals surface area contributed by atoms with E-state index in [2.05, 4.69) is 20.9 Å². The number of unbranched alkanes of at least 4 members (excludes halogenated alkanes) is 1. The zero-order chi connectivity index (χ0) is 53.5. The Hall–Kier alpha value is -6.38. The van der Waals surface area contributed by atoms with Gasteiger partial charge < -0.3 is 40.3 Å². The molecular weight excluding hydrogens is 987 g/mol. The largest absolute Gasteiger partial charge is 0.493 e. The number of β-amino-alcohol motifs (C(OH)–C–C–N with tert-alkyl or cyclic N) is 1. The first-order valence-electron chi connectivity index (χ1n) is 25.2. The zero-order valence-electron chi connectivity index (χ0n) is 43.3. The number of aliphatic hydroxyl groups excluding tert-OH is 1. The normalized spacial score (nSPS) is 18.0. The van der Waals surface area contributed by atoms with Crippen LogP contribution in [0.25, 0.3) is 10.4 Å². The summed E-state index contributed by atoms with van der Waals surface area (Å²) in [4.78, 5) is 92.1. The van der Waals surface area contributed by atoms with E-state index in [1.807, 2.05) is 52.0 Å². The van der Waals surface area contributed by atoms with Crippen molar-refractivity contribution in [1.29, 1.82) is 0 Å². The van der Waals surface area contributed by atoms with Crippen molar-refractivity contribution >= 4 is 62.3 Å². The highest BCUT2D eigenvalue weighted by molar-refractivity contribution is 7.90. The summed E-state index contributed by atoms with van der Waals surface area (Å²) in [5.41, 5.74) is 4.83. The maximum absolute atomic E-state index is 14.1. The molecule has 4 heterocycles. The van der Waals surface area contributed by atoms with E-state index in [0.717, 1.165) is 58.5 Å². The Morgan fingerprint density at radius 1 is 0.973 bits per heavy atom. The minimum absolute atomic E-state index is 0.0135. The van der Waals surface area contributed by atoms with Gasteiger partial charge in [-0.3, -0.25) is 33.7 Å². The van der Waals surface area contributed by atoms with Crippen molar-refractivity contribution in [2.24, 2.45) is 11.3 Å². The van der Waals surface area contributed by atoms with Crippen LogP contribution in [-0.2, 0) is 35.6 Å². The number of thiazole rings is 1. The van der Waals surface area contributed by atoms with Gasteiger partial charge in [0, 0.05) is 51.0 Å². The van der Waals surface area contributed by atoms with Crippen LogP contribution in [0.15, 0.2) is 66.2 Å². The Balaban J connectivity index is 0.859. The first kappa shape index (κ1) is 55.4. The number of piperidine rings is 1. The van der Waals surface area contributed by atoms with Crippen LogP contribution in [0.5, 0.6) is 11.5 Å². The molecule has 0 bridgehead atoms. The first-order valence-corrected chi connectivity index (χ1v) is 28.2. The van der Waals surface area contributed by atoms with Crippen LogP contribution in [0.4, 0.5) is 5.69 Å². The molecule has 74 heavy (non-hydrogen) atoms. The molecule has 0 saturated carbocycles. The Bertz CT molecular complexity index is 2820. The standard InChI is InChI=1S/C54H69N7O11S2/c1-8-72-44-26-37(20-21-43(44)71-6)42(31-74(7,69)70)61-51(66)39-13-11-14-40(47(39)52(61)67)55-29-46(64)59-24-22-34(23-25-59)12-9-10-15-45(63)58-49(54(3,4)5)53(68)60-30-38(62)27-41(60)50(65)56-28-35-16-18-36(19-17-35)48-33(2)57-32-73-48/h11,13-14,16-21,26,32,34,38,41-42,49,55,62H,8-10,12,15,22-25,27-31H2,1-7H3,(H,56,65)(H,58,63)/t38-,41+,42-,49-/m1/s1. The summed E-state index contributed by atoms with van der Waals surface area (Å²) in [6.07, 6.45) is 4.25. The second kappa shape index (κ2) is 23.9. The third kappa shape index (κ3) is 13.3. The zero-order valence-corrected chi connectivity index (χ0v) is 44.9. The van der Waals surface area contributed by atoms with Gasteiger partial charge in [0.05, 0.1) is 65.4 Å². The number of rotatable bonds is 21. The van der Waals surface area contributed by atoms with E-state index in [0.29, 0.717) is 49.1 Å². The second-order valence-corrected chi connectivity index (χ2v) is 23.6. The maximum atomic E-state index is 14.1. The lowest BCUT2D eigenvalue weighted by Crippen LogP contribution is -2.57. The van der Waals surface area contributed by atoms with E-state index in [4.69, 9.17) is 9.47 Å². The SMILES string of the molecule is CCOc1cc([C@@H](CS(C)(=O)=O)N2C(=O)c3cccc(NCC(=O)N4CCC(CCCCC(=O)N[C@H](C(=O)N5C[C@H](O)C[C@H]5C(=O)NCc5ccc(-c6scnc6C)cc5)C(C)(C)C)CC4)c3C2=O)ccc1OC. The molecule has 4 N–H and O–H groups in total. The van der Waals surface area contributed by atoms with Crippen LogP contribution in [0.2, 0.25) is 0 Å². The summed E-state index contributed by atoms with van der Waals surface area (Å²) in [6, 6.07) is 14.4. The van der Waals surface area contributed by atoms with Crippen molar-refractivity contribution in [3.8, 4) is 21.9 Å². The Morgan fingerprint density at radius 3 is 2.35 bits per heavy atom. The van der Waals surface area contributed by atoms with Gasteiger partial charge >= 0.3 is 0 Å². The van der Waals surface area contributed by atoms with E-state index in [1.54, 1.807) is 59.0 Å². The number of carbonyl (C=O) groups is 6. The fourth-order valence-corrected chi connectivity index (χ4v) is 11.7. The van der Waals surface area contributed by atoms with Crippen molar-refractivity contribution in [2.75, 3.05) is 57.2 Å². The summed E-state index contributed by atoms with van der Waals surface area (Å²) < 4.78 is 36.5. The number of aromatic nitrogens is 1. The molecule has 2 saturated heterocycles. The fourth-order valence-electron chi connectivity index (χ4n) is 9.99. The molecule has 20 heteroatoms. The van der Waals surface area contributed by atoms with Crippen LogP contribution < -0.4 is 25.4 Å². The topological polar surface area (TPSA) is 234 Å². The van der Waals surface area contributed by atoms with Gasteiger partial charge in [-0.1, -0.05) is 70.0 Å². The van der Waals surface area contributed by atoms with Gasteiger partial charge in [-0.15, -0.1) is 11.3 Å². The first-order chi connectivity index (χ1) is 35.2. The van der Waals surface area contributed by atoms with Crippen LogP contribution >= 0.6 is 11.3 Å². The molecule has 6 amide bonds. The predicted molar refractivity (Wildman–Crippen MR) is 281 cm³/mol. The van der Waals surface area contributed by atoms with E-state index in [-0.39, 0.29) is 67.0 Å². The number of amides is 6. The highest BCUT2D eigenvalue weighted by Crippen LogP contribution is 2.39. The molecule has 0 unspecified atom stereocenters. The number of anilines is 1. The fraction of sp³-hybridized carbons (Fsp3) is 0.500. The average molecular weight is 1060 g/mol. The number of benzene rings is 3. The number of ether oxygens (including phenoxy) is 2. The van der Waals surface area contributed by atoms with E-state index < -0.39 is 63.0 Å². The van der Waals surface area contributed by atoms with Gasteiger partial charge in [-0.05, 0) is 85.4 Å². The van der Waals surface area contributed by atoms with E-state index in [1.165, 1.54) is 18.1 Å². The monoisotopic (exact) mass is 1060 g/mol. The van der Waals surface area contributed by atoms with Crippen LogP contribution in [0.3, 0.4) is 0 Å². The van der Waals surface area contributed by atoms with Gasteiger partial charge in [0.2, 0.25) is 23.6 Å². The van der Waals surface area contributed by atoms with Gasteiger partial charge in [-0.2, -0.15) is 0 Å². The molecule has 4 aromatic rings. The van der Waals surface area contributed by atoms with E-state index >= 15 is 0 Å². The highest BCUT2D eigenvalue weighted by atomic mass is 32.2. The molecule has 3 aliphatic rings. The molecule has 3 aliphatic heterocycles. The number of aryl methyl sites for hydroxylation is 1. The third-order valence-electron chi connectivity index (χ3n) is 14.0. The molecular formula is C54H69N7O11S2. The van der Waals surface area contributed by atoms with Crippen molar-refractivity contribution < 1.29 is 51.8 Å². The summed E-state index contributed by atoms with van der Waals surface area (Å²) in [5.74, 6) is -1.99. The van der Waals surface area contributed by atoms with Gasteiger partial charge in [0.1, 0.15) is 21.9 Å². The summed E-state index contributed by atoms with van der Waals surface area (Å²) in [6.45, 7) is 10.8. The average Bonchev–Trinajstić information content (AvgIpc) is 4.06. The molecule has 4 atom stereocenters. The van der Waals surface area contributed by atoms with Crippen molar-refractivity contribution in [3.05, 3.63) is 94.1 Å². The van der Waals surface area contributed by atoms with Gasteiger partial charge in [-0.25, -0.2) is 13.4 Å². The molecule has 18 nitrogen and oxygen atoms in total. The molecule has 7 rings (SSSR count). The number of imide groups is 1. The lowest BCUT2D eigenvalue weighted by atomic mass is 9.85. The molecule has 0 aliphatic carbocycles. The summed E-state index contributed by atoms with van der Waals surface area (Å²) in [7, 11) is -2.23.